The topological polar surface area (TPSA) is 71.1 Å². The van der Waals surface area contributed by atoms with E-state index in [0.29, 0.717) is 24.0 Å². The van der Waals surface area contributed by atoms with E-state index in [2.05, 4.69) is 51.6 Å². The molecule has 8 rings (SSSR count). The minimum atomic E-state index is -2.94. The molecule has 0 aromatic heterocycles. The number of fused-ring (bicyclic) bond motifs is 5. The predicted octanol–water partition coefficient (Wildman–Crippen LogP) is 8.08. The lowest BCUT2D eigenvalue weighted by molar-refractivity contribution is -0.0987. The quantitative estimate of drug-likeness (QED) is 0.252. The Balaban J connectivity index is 1.19. The number of nitrogens with zero attached hydrogens (tertiary/aromatic N) is 2. The van der Waals surface area contributed by atoms with Gasteiger partial charge in [0.05, 0.1) is 22.0 Å². The molecule has 53 heavy (non-hydrogen) atoms. The van der Waals surface area contributed by atoms with Crippen molar-refractivity contribution in [2.45, 2.75) is 101 Å². The molecule has 6 aliphatic rings. The molecule has 1 spiro atoms. The van der Waals surface area contributed by atoms with Crippen molar-refractivity contribution in [2.24, 2.45) is 29.6 Å². The van der Waals surface area contributed by atoms with Crippen LogP contribution in [0.5, 0.6) is 5.75 Å². The Morgan fingerprint density at radius 2 is 1.85 bits per heavy atom. The Hall–Kier alpha value is -2.52. The van der Waals surface area contributed by atoms with Crippen molar-refractivity contribution in [2.75, 3.05) is 51.3 Å². The molecule has 0 radical (unpaired) electrons. The number of hydrogen-bond donors (Lipinski definition) is 1. The molecule has 1 amide bonds. The number of piperidine rings is 1. The van der Waals surface area contributed by atoms with Crippen molar-refractivity contribution >= 4 is 38.8 Å². The average molecular weight is 763 g/mol. The Kier molecular flexibility index (Phi) is 10.5. The summed E-state index contributed by atoms with van der Waals surface area (Å²) in [5.74, 6) is 7.02. The number of hydrogen-bond acceptors (Lipinski definition) is 6. The third-order valence-corrected chi connectivity index (χ3v) is 17.0. The van der Waals surface area contributed by atoms with Gasteiger partial charge in [-0.15, -0.1) is 0 Å². The van der Waals surface area contributed by atoms with E-state index in [4.69, 9.17) is 21.1 Å². The first-order valence-electron chi connectivity index (χ1n) is 20.4. The first-order valence-corrected chi connectivity index (χ1v) is 22.6. The molecule has 1 saturated heterocycles. The number of anilines is 1. The zero-order valence-electron chi connectivity index (χ0n) is 32.1. The molecule has 2 saturated carbocycles. The highest BCUT2D eigenvalue weighted by Gasteiger charge is 2.50. The van der Waals surface area contributed by atoms with Gasteiger partial charge in [0.25, 0.3) is 5.91 Å². The number of nitrogens with one attached hydrogen (secondary N) is 1. The van der Waals surface area contributed by atoms with Gasteiger partial charge >= 0.3 is 0 Å². The van der Waals surface area contributed by atoms with Crippen LogP contribution in [0.4, 0.5) is 5.69 Å². The Labute approximate surface area is 323 Å². The lowest BCUT2D eigenvalue weighted by Crippen LogP contribution is -2.58. The number of methoxy groups -OCH3 is 1. The van der Waals surface area contributed by atoms with E-state index in [-0.39, 0.29) is 22.5 Å². The van der Waals surface area contributed by atoms with Crippen LogP contribution in [0.15, 0.2) is 48.6 Å². The normalized spacial score (nSPS) is 38.3. The molecule has 2 bridgehead atoms. The van der Waals surface area contributed by atoms with E-state index in [1.807, 2.05) is 38.3 Å². The number of rotatable bonds is 3. The Bertz CT molecular complexity index is 1830. The Morgan fingerprint density at radius 1 is 1.02 bits per heavy atom. The molecule has 3 aliphatic heterocycles. The highest BCUT2D eigenvalue weighted by Crippen LogP contribution is 2.50. The van der Waals surface area contributed by atoms with Crippen molar-refractivity contribution in [1.82, 2.24) is 9.62 Å². The number of halogens is 1. The molecule has 9 heteroatoms. The zero-order chi connectivity index (χ0) is 37.0. The summed E-state index contributed by atoms with van der Waals surface area (Å²) < 4.78 is 30.5. The van der Waals surface area contributed by atoms with E-state index in [9.17, 15) is 9.00 Å². The molecule has 288 valence electrons. The number of amides is 1. The summed E-state index contributed by atoms with van der Waals surface area (Å²) in [6.45, 7) is 9.48. The summed E-state index contributed by atoms with van der Waals surface area (Å²) in [5, 5.41) is 0.460. The van der Waals surface area contributed by atoms with Gasteiger partial charge in [0, 0.05) is 54.5 Å². The molecule has 1 N–H and O–H groups in total. The first kappa shape index (κ1) is 37.4. The van der Waals surface area contributed by atoms with Crippen LogP contribution in [-0.4, -0.2) is 78.2 Å². The molecule has 7 nitrogen and oxygen atoms in total. The van der Waals surface area contributed by atoms with Gasteiger partial charge in [0.2, 0.25) is 0 Å². The second-order valence-electron chi connectivity index (χ2n) is 17.7. The van der Waals surface area contributed by atoms with Crippen molar-refractivity contribution in [3.05, 3.63) is 70.3 Å². The minimum Gasteiger partial charge on any atom is -0.490 e. The number of carbonyl (C=O) groups is 1. The SMILES string of the molecule is C=S1(=O)NC(=O)c2ccc3c(c2)N(C[C@@H]2CC[C@H]2[C@](CN2CC[C@H]4CCCC[C@@H]4C2)(OC)/C=C/C[C@H](C)[C@H]1C)C[C@@]1(CCCc2cc(Cl)ccc21)CO3. The van der Waals surface area contributed by atoms with Crippen LogP contribution in [-0.2, 0) is 26.3 Å². The van der Waals surface area contributed by atoms with Crippen LogP contribution >= 0.6 is 11.6 Å². The van der Waals surface area contributed by atoms with E-state index in [0.717, 1.165) is 93.0 Å². The van der Waals surface area contributed by atoms with Gasteiger partial charge < -0.3 is 14.4 Å². The number of aryl methyl sites for hydroxylation is 1. The van der Waals surface area contributed by atoms with Crippen molar-refractivity contribution < 1.29 is 18.5 Å². The summed E-state index contributed by atoms with van der Waals surface area (Å²) >= 11 is 6.53. The maximum Gasteiger partial charge on any atom is 0.262 e. The fraction of sp³-hybridized carbons (Fsp3) is 0.636. The fourth-order valence-electron chi connectivity index (χ4n) is 11.1. The van der Waals surface area contributed by atoms with Crippen molar-refractivity contribution in [3.8, 4) is 5.75 Å². The van der Waals surface area contributed by atoms with Gasteiger partial charge in [-0.25, -0.2) is 4.21 Å². The average Bonchev–Trinajstić information content (AvgIpc) is 3.28. The lowest BCUT2D eigenvalue weighted by Gasteiger charge is -2.53. The number of likely N-dealkylation sites (tertiary alicyclic amines) is 1. The molecule has 3 heterocycles. The summed E-state index contributed by atoms with van der Waals surface area (Å²) in [7, 11) is -1.02. The molecule has 9 atom stereocenters. The largest absolute Gasteiger partial charge is 0.490 e. The van der Waals surface area contributed by atoms with Gasteiger partial charge in [0.1, 0.15) is 11.4 Å². The van der Waals surface area contributed by atoms with Gasteiger partial charge in [0.15, 0.2) is 0 Å². The summed E-state index contributed by atoms with van der Waals surface area (Å²) in [6, 6.07) is 12.1. The molecular weight excluding hydrogens is 702 g/mol. The third kappa shape index (κ3) is 7.20. The highest BCUT2D eigenvalue weighted by atomic mass is 35.5. The van der Waals surface area contributed by atoms with Gasteiger partial charge in [-0.3, -0.25) is 14.4 Å². The summed E-state index contributed by atoms with van der Waals surface area (Å²) in [6.07, 6.45) is 17.6. The van der Waals surface area contributed by atoms with E-state index in [1.54, 1.807) is 0 Å². The molecule has 3 aliphatic carbocycles. The van der Waals surface area contributed by atoms with E-state index in [1.165, 1.54) is 49.8 Å². The van der Waals surface area contributed by atoms with Crippen molar-refractivity contribution in [1.29, 1.82) is 0 Å². The fourth-order valence-corrected chi connectivity index (χ4v) is 12.7. The zero-order valence-corrected chi connectivity index (χ0v) is 33.7. The maximum absolute atomic E-state index is 14.1. The Morgan fingerprint density at radius 3 is 2.64 bits per heavy atom. The molecule has 3 fully saturated rings. The van der Waals surface area contributed by atoms with Gasteiger partial charge in [-0.05, 0) is 142 Å². The van der Waals surface area contributed by atoms with E-state index < -0.39 is 15.3 Å². The molecule has 1 unspecified atom stereocenters. The standard InChI is InChI=1S/C44H60ClN3O4S/c1-30-9-7-21-44(51-3,28-47-22-19-32-10-5-6-11-35(32)25-47)39-16-13-36(39)26-48-27-43(20-8-12-33-23-37(45)15-17-38(33)43)29-52-41-18-14-34(24-40(41)48)42(49)46-53(4,50)31(30)2/h7,14-15,17-18,21,23-24,30-32,35-36,39H,4-6,8-13,16,19-20,22,25-29H2,1-3H3,(H,46,49,50)/b21-7+/t30-,31+,32+,35+,36-,39+,43-,44-,53?/m0/s1. The summed E-state index contributed by atoms with van der Waals surface area (Å²) in [5.41, 5.74) is 3.42. The highest BCUT2D eigenvalue weighted by molar-refractivity contribution is 7.99. The maximum atomic E-state index is 14.1. The number of ether oxygens (including phenoxy) is 2. The third-order valence-electron chi connectivity index (χ3n) is 14.6. The lowest BCUT2D eigenvalue weighted by atomic mass is 9.63. The second kappa shape index (κ2) is 14.9. The molecule has 2 aromatic rings. The van der Waals surface area contributed by atoms with Crippen LogP contribution < -0.4 is 14.4 Å². The van der Waals surface area contributed by atoms with Crippen LogP contribution in [0.2, 0.25) is 5.02 Å². The monoisotopic (exact) mass is 761 g/mol. The van der Waals surface area contributed by atoms with Gasteiger partial charge in [-0.2, -0.15) is 0 Å². The predicted molar refractivity (Wildman–Crippen MR) is 218 cm³/mol. The molecular formula is C44H60ClN3O4S. The number of carbonyl (C=O) groups excluding carboxylic acids is 1. The molecule has 2 aromatic carbocycles. The first-order chi connectivity index (χ1) is 25.5. The number of allylic oxidation sites excluding steroid dienone is 1. The van der Waals surface area contributed by atoms with E-state index >= 15 is 0 Å². The van der Waals surface area contributed by atoms with Crippen LogP contribution in [0.1, 0.15) is 99.5 Å². The van der Waals surface area contributed by atoms with Crippen molar-refractivity contribution in [3.63, 3.8) is 0 Å². The smallest absolute Gasteiger partial charge is 0.262 e. The van der Waals surface area contributed by atoms with Crippen LogP contribution in [0.25, 0.3) is 0 Å². The van der Waals surface area contributed by atoms with Crippen LogP contribution in [0.3, 0.4) is 0 Å². The second-order valence-corrected chi connectivity index (χ2v) is 20.5. The van der Waals surface area contributed by atoms with Gasteiger partial charge in [-0.1, -0.05) is 56.0 Å². The summed E-state index contributed by atoms with van der Waals surface area (Å²) in [4.78, 5) is 19.1. The van der Waals surface area contributed by atoms with Crippen LogP contribution in [0, 0.1) is 29.6 Å². The number of benzene rings is 2. The minimum absolute atomic E-state index is 0.0505.